The molecule has 7 heteroatoms. The number of aromatic nitrogens is 1. The van der Waals surface area contributed by atoms with Gasteiger partial charge in [-0.1, -0.05) is 23.5 Å². The minimum atomic E-state index is -0.0615. The molecule has 0 amide bonds. The number of nitrogens with one attached hydrogen (secondary N) is 2. The first-order valence-electron chi connectivity index (χ1n) is 6.61. The predicted molar refractivity (Wildman–Crippen MR) is 103 cm³/mol. The highest BCUT2D eigenvalue weighted by molar-refractivity contribution is 14.0. The molecule has 0 bridgehead atoms. The molecule has 0 spiro atoms. The minimum Gasteiger partial charge on any atom is -0.370 e. The molecular weight excluding hydrogens is 397 g/mol. The Balaban J connectivity index is 0.00000220. The van der Waals surface area contributed by atoms with Crippen molar-refractivity contribution in [3.05, 3.63) is 24.3 Å². The Morgan fingerprint density at radius 2 is 2.05 bits per heavy atom. The fraction of sp³-hybridized carbons (Fsp3) is 0.429. The number of anilines is 1. The van der Waals surface area contributed by atoms with Crippen LogP contribution in [-0.4, -0.2) is 29.6 Å². The van der Waals surface area contributed by atoms with Crippen LogP contribution in [0.25, 0.3) is 10.2 Å². The molecule has 0 radical (unpaired) electrons. The summed E-state index contributed by atoms with van der Waals surface area (Å²) < 4.78 is 1.19. The quantitative estimate of drug-likeness (QED) is 0.308. The summed E-state index contributed by atoms with van der Waals surface area (Å²) in [5.41, 5.74) is 6.76. The molecule has 0 aliphatic rings. The number of halogens is 1. The van der Waals surface area contributed by atoms with E-state index in [1.54, 1.807) is 11.3 Å². The van der Waals surface area contributed by atoms with Crippen molar-refractivity contribution < 1.29 is 0 Å². The van der Waals surface area contributed by atoms with Gasteiger partial charge in [-0.15, -0.1) is 24.0 Å². The Labute approximate surface area is 146 Å². The number of rotatable bonds is 4. The van der Waals surface area contributed by atoms with Gasteiger partial charge >= 0.3 is 0 Å². The van der Waals surface area contributed by atoms with Gasteiger partial charge in [-0.2, -0.15) is 0 Å². The van der Waals surface area contributed by atoms with Gasteiger partial charge in [0.1, 0.15) is 0 Å². The molecule has 1 heterocycles. The molecule has 4 N–H and O–H groups in total. The lowest BCUT2D eigenvalue weighted by Gasteiger charge is -2.20. The monoisotopic (exact) mass is 419 g/mol. The number of fused-ring (bicyclic) bond motifs is 1. The standard InChI is InChI=1S/C14H21N5S.HI/c1-14(2,3)19-12(15)16-8-9-17-13-18-10-6-4-5-7-11(10)20-13;/h4-7H,8-9H2,1-3H3,(H,17,18)(H3,15,16,19);1H. The lowest BCUT2D eigenvalue weighted by atomic mass is 10.1. The van der Waals surface area contributed by atoms with E-state index in [-0.39, 0.29) is 29.5 Å². The van der Waals surface area contributed by atoms with E-state index < -0.39 is 0 Å². The summed E-state index contributed by atoms with van der Waals surface area (Å²) in [6.07, 6.45) is 0. The van der Waals surface area contributed by atoms with Crippen LogP contribution < -0.4 is 16.4 Å². The van der Waals surface area contributed by atoms with Gasteiger partial charge in [0, 0.05) is 12.1 Å². The Morgan fingerprint density at radius 3 is 2.71 bits per heavy atom. The van der Waals surface area contributed by atoms with Crippen LogP contribution in [0.2, 0.25) is 0 Å². The molecule has 0 fully saturated rings. The molecule has 0 atom stereocenters. The molecule has 2 rings (SSSR count). The van der Waals surface area contributed by atoms with Gasteiger partial charge in [0.2, 0.25) is 0 Å². The third-order valence-electron chi connectivity index (χ3n) is 2.47. The fourth-order valence-corrected chi connectivity index (χ4v) is 2.60. The smallest absolute Gasteiger partial charge is 0.189 e. The lowest BCUT2D eigenvalue weighted by Crippen LogP contribution is -2.45. The summed E-state index contributed by atoms with van der Waals surface area (Å²) in [5.74, 6) is 0.476. The van der Waals surface area contributed by atoms with Crippen molar-refractivity contribution in [1.29, 1.82) is 0 Å². The molecule has 0 saturated heterocycles. The lowest BCUT2D eigenvalue weighted by molar-refractivity contribution is 0.508. The van der Waals surface area contributed by atoms with Gasteiger partial charge in [0.05, 0.1) is 16.8 Å². The zero-order valence-corrected chi connectivity index (χ0v) is 15.7. The second-order valence-corrected chi connectivity index (χ2v) is 6.59. The number of hydrogen-bond acceptors (Lipinski definition) is 4. The Bertz CT molecular complexity index is 570. The first-order chi connectivity index (χ1) is 9.44. The van der Waals surface area contributed by atoms with E-state index in [0.717, 1.165) is 10.6 Å². The summed E-state index contributed by atoms with van der Waals surface area (Å²) >= 11 is 1.65. The largest absolute Gasteiger partial charge is 0.370 e. The molecule has 0 saturated carbocycles. The maximum Gasteiger partial charge on any atom is 0.189 e. The topological polar surface area (TPSA) is 75.3 Å². The summed E-state index contributed by atoms with van der Waals surface area (Å²) in [6.45, 7) is 7.48. The second-order valence-electron chi connectivity index (χ2n) is 5.56. The number of hydrogen-bond donors (Lipinski definition) is 3. The maximum absolute atomic E-state index is 5.80. The van der Waals surface area contributed by atoms with Crippen LogP contribution in [0.1, 0.15) is 20.8 Å². The summed E-state index contributed by atoms with van der Waals surface area (Å²) in [6, 6.07) is 8.10. The molecule has 1 aromatic carbocycles. The molecule has 1 aromatic heterocycles. The van der Waals surface area contributed by atoms with Crippen LogP contribution in [0.4, 0.5) is 5.13 Å². The van der Waals surface area contributed by atoms with E-state index >= 15 is 0 Å². The van der Waals surface area contributed by atoms with Crippen molar-refractivity contribution in [3.63, 3.8) is 0 Å². The van der Waals surface area contributed by atoms with E-state index in [9.17, 15) is 0 Å². The van der Waals surface area contributed by atoms with E-state index in [2.05, 4.69) is 47.4 Å². The highest BCUT2D eigenvalue weighted by atomic mass is 127. The third kappa shape index (κ3) is 6.04. The number of nitrogens with two attached hydrogens (primary N) is 1. The van der Waals surface area contributed by atoms with E-state index in [1.165, 1.54) is 4.70 Å². The average molecular weight is 419 g/mol. The van der Waals surface area contributed by atoms with Crippen molar-refractivity contribution >= 4 is 56.6 Å². The zero-order valence-electron chi connectivity index (χ0n) is 12.5. The summed E-state index contributed by atoms with van der Waals surface area (Å²) in [4.78, 5) is 8.78. The van der Waals surface area contributed by atoms with E-state index in [1.807, 2.05) is 18.2 Å². The Kier molecular flexibility index (Phi) is 6.66. The number of benzene rings is 1. The van der Waals surface area contributed by atoms with Crippen LogP contribution in [-0.2, 0) is 0 Å². The highest BCUT2D eigenvalue weighted by Gasteiger charge is 2.09. The minimum absolute atomic E-state index is 0. The van der Waals surface area contributed by atoms with Gasteiger partial charge in [0.15, 0.2) is 11.1 Å². The van der Waals surface area contributed by atoms with Crippen LogP contribution in [0.15, 0.2) is 29.3 Å². The third-order valence-corrected chi connectivity index (χ3v) is 3.46. The number of guanidine groups is 1. The normalized spacial score (nSPS) is 12.0. The Morgan fingerprint density at radius 1 is 1.33 bits per heavy atom. The molecular formula is C14H22IN5S. The zero-order chi connectivity index (χ0) is 14.6. The molecule has 116 valence electrons. The highest BCUT2D eigenvalue weighted by Crippen LogP contribution is 2.24. The van der Waals surface area contributed by atoms with Gasteiger partial charge < -0.3 is 16.4 Å². The van der Waals surface area contributed by atoms with Crippen LogP contribution in [0.5, 0.6) is 0 Å². The predicted octanol–water partition coefficient (Wildman–Crippen LogP) is 3.03. The van der Waals surface area contributed by atoms with Crippen LogP contribution in [0.3, 0.4) is 0 Å². The van der Waals surface area contributed by atoms with E-state index in [0.29, 0.717) is 19.0 Å². The van der Waals surface area contributed by atoms with Crippen LogP contribution >= 0.6 is 35.3 Å². The number of nitrogens with zero attached hydrogens (tertiary/aromatic N) is 2. The SMILES string of the molecule is CC(C)(C)NC(N)=NCCNc1nc2ccccc2s1.I. The number of thiazole rings is 1. The van der Waals surface area contributed by atoms with Crippen molar-refractivity contribution in [2.24, 2.45) is 10.7 Å². The number of para-hydroxylation sites is 1. The van der Waals surface area contributed by atoms with E-state index in [4.69, 9.17) is 5.73 Å². The maximum atomic E-state index is 5.80. The van der Waals surface area contributed by atoms with Crippen molar-refractivity contribution in [3.8, 4) is 0 Å². The van der Waals surface area contributed by atoms with Crippen molar-refractivity contribution in [2.75, 3.05) is 18.4 Å². The molecule has 0 aliphatic carbocycles. The van der Waals surface area contributed by atoms with Crippen LogP contribution in [0, 0.1) is 0 Å². The van der Waals surface area contributed by atoms with Gasteiger partial charge in [-0.25, -0.2) is 4.98 Å². The van der Waals surface area contributed by atoms with Gasteiger partial charge in [0.25, 0.3) is 0 Å². The average Bonchev–Trinajstić information content (AvgIpc) is 2.75. The molecule has 0 aliphatic heterocycles. The first kappa shape index (κ1) is 18.0. The van der Waals surface area contributed by atoms with Crippen molar-refractivity contribution in [2.45, 2.75) is 26.3 Å². The molecule has 0 unspecified atom stereocenters. The molecule has 2 aromatic rings. The second kappa shape index (κ2) is 7.79. The first-order valence-corrected chi connectivity index (χ1v) is 7.43. The fourth-order valence-electron chi connectivity index (χ4n) is 1.71. The van der Waals surface area contributed by atoms with Gasteiger partial charge in [-0.3, -0.25) is 4.99 Å². The molecule has 21 heavy (non-hydrogen) atoms. The molecule has 5 nitrogen and oxygen atoms in total. The van der Waals surface area contributed by atoms with Gasteiger partial charge in [-0.05, 0) is 32.9 Å². The summed E-state index contributed by atoms with van der Waals surface area (Å²) in [5, 5.41) is 7.32. The summed E-state index contributed by atoms with van der Waals surface area (Å²) in [7, 11) is 0. The Hall–Kier alpha value is -1.09. The van der Waals surface area contributed by atoms with Crippen molar-refractivity contribution in [1.82, 2.24) is 10.3 Å². The number of aliphatic imine (C=N–C) groups is 1.